The van der Waals surface area contributed by atoms with Crippen LogP contribution in [0.3, 0.4) is 0 Å². The Kier molecular flexibility index (Phi) is 8.90. The van der Waals surface area contributed by atoms with Crippen LogP contribution in [0.4, 0.5) is 11.6 Å². The third-order valence-corrected chi connectivity index (χ3v) is 6.79. The van der Waals surface area contributed by atoms with Crippen molar-refractivity contribution >= 4 is 40.4 Å². The van der Waals surface area contributed by atoms with E-state index in [1.807, 2.05) is 6.07 Å². The van der Waals surface area contributed by atoms with Crippen LogP contribution in [0.2, 0.25) is 0 Å². The first-order chi connectivity index (χ1) is 18.4. The molecule has 1 aliphatic carbocycles. The van der Waals surface area contributed by atoms with E-state index >= 15 is 0 Å². The van der Waals surface area contributed by atoms with Crippen LogP contribution in [-0.4, -0.2) is 63.0 Å². The number of hydrogen-bond acceptors (Lipinski definition) is 7. The predicted molar refractivity (Wildman–Crippen MR) is 144 cm³/mol. The molecule has 0 spiro atoms. The van der Waals surface area contributed by atoms with Gasteiger partial charge in [0.25, 0.3) is 11.8 Å². The summed E-state index contributed by atoms with van der Waals surface area (Å²) in [4.78, 5) is 47.1. The Morgan fingerprint density at radius 1 is 1.08 bits per heavy atom. The minimum Gasteiger partial charge on any atom is -0.352 e. The number of hydrogen-bond donors (Lipinski definition) is 4. The van der Waals surface area contributed by atoms with Gasteiger partial charge in [0, 0.05) is 55.9 Å². The predicted octanol–water partition coefficient (Wildman–Crippen LogP) is 3.79. The molecule has 4 N–H and O–H groups in total. The fourth-order valence-electron chi connectivity index (χ4n) is 4.78. The summed E-state index contributed by atoms with van der Waals surface area (Å²) in [5.41, 5.74) is 4.26. The van der Waals surface area contributed by atoms with Gasteiger partial charge in [-0.2, -0.15) is 4.98 Å². The van der Waals surface area contributed by atoms with Crippen molar-refractivity contribution < 1.29 is 19.6 Å². The van der Waals surface area contributed by atoms with Gasteiger partial charge in [-0.25, -0.2) is 10.5 Å². The zero-order chi connectivity index (χ0) is 27.1. The first-order valence-electron chi connectivity index (χ1n) is 13.0. The van der Waals surface area contributed by atoms with Crippen LogP contribution in [0, 0.1) is 0 Å². The number of anilines is 2. The number of nitrogens with zero attached hydrogens (tertiary/aromatic N) is 4. The molecule has 11 nitrogen and oxygen atoms in total. The molecule has 1 fully saturated rings. The molecule has 38 heavy (non-hydrogen) atoms. The third-order valence-electron chi connectivity index (χ3n) is 6.79. The molecule has 1 aromatic carbocycles. The SMILES string of the molecule is CN(C)C(=O)c1cc2cnc(Nc3ccc(C(=O)NCCCCCC(=O)NO)cc3)nc2n1C1CCCC1. The molecule has 202 valence electrons. The van der Waals surface area contributed by atoms with Crippen molar-refractivity contribution in [3.8, 4) is 0 Å². The summed E-state index contributed by atoms with van der Waals surface area (Å²) in [5.74, 6) is -0.201. The van der Waals surface area contributed by atoms with E-state index in [9.17, 15) is 14.4 Å². The Morgan fingerprint density at radius 3 is 2.50 bits per heavy atom. The van der Waals surface area contributed by atoms with Gasteiger partial charge >= 0.3 is 0 Å². The van der Waals surface area contributed by atoms with Crippen LogP contribution in [0.5, 0.6) is 0 Å². The van der Waals surface area contributed by atoms with Gasteiger partial charge in [-0.05, 0) is 56.0 Å². The highest BCUT2D eigenvalue weighted by atomic mass is 16.5. The quantitative estimate of drug-likeness (QED) is 0.171. The molecule has 11 heteroatoms. The number of carbonyl (C=O) groups excluding carboxylic acids is 3. The summed E-state index contributed by atoms with van der Waals surface area (Å²) in [7, 11) is 3.51. The van der Waals surface area contributed by atoms with E-state index < -0.39 is 5.91 Å². The van der Waals surface area contributed by atoms with E-state index in [0.717, 1.165) is 55.2 Å². The second-order valence-corrected chi connectivity index (χ2v) is 9.81. The lowest BCUT2D eigenvalue weighted by molar-refractivity contribution is -0.129. The summed E-state index contributed by atoms with van der Waals surface area (Å²) < 4.78 is 2.08. The number of nitrogens with one attached hydrogen (secondary N) is 3. The lowest BCUT2D eigenvalue weighted by Gasteiger charge is -2.19. The molecule has 4 rings (SSSR count). The zero-order valence-electron chi connectivity index (χ0n) is 21.9. The molecule has 1 saturated carbocycles. The standard InChI is InChI=1S/C27H35N7O4/c1-33(2)26(37)22-16-19-17-29-27(31-24(19)34(22)21-8-5-6-9-21)30-20-13-11-18(12-14-20)25(36)28-15-7-3-4-10-23(35)32-38/h11-14,16-17,21,38H,3-10,15H2,1-2H3,(H,28,36)(H,32,35)(H,29,30,31). The van der Waals surface area contributed by atoms with Crippen molar-refractivity contribution in [3.05, 3.63) is 47.8 Å². The smallest absolute Gasteiger partial charge is 0.270 e. The molecular weight excluding hydrogens is 486 g/mol. The average molecular weight is 522 g/mol. The van der Waals surface area contributed by atoms with E-state index in [1.165, 1.54) is 0 Å². The highest BCUT2D eigenvalue weighted by Crippen LogP contribution is 2.35. The Bertz CT molecular complexity index is 1280. The van der Waals surface area contributed by atoms with Gasteiger partial charge < -0.3 is 20.1 Å². The molecule has 0 saturated heterocycles. The maximum atomic E-state index is 12.9. The molecule has 1 aliphatic rings. The van der Waals surface area contributed by atoms with Crippen LogP contribution in [-0.2, 0) is 4.79 Å². The van der Waals surface area contributed by atoms with Crippen LogP contribution in [0.1, 0.15) is 78.3 Å². The van der Waals surface area contributed by atoms with Crippen LogP contribution >= 0.6 is 0 Å². The van der Waals surface area contributed by atoms with Gasteiger partial charge in [0.2, 0.25) is 11.9 Å². The minimum absolute atomic E-state index is 0.0487. The highest BCUT2D eigenvalue weighted by Gasteiger charge is 2.26. The molecule has 0 unspecified atom stereocenters. The van der Waals surface area contributed by atoms with Crippen molar-refractivity contribution in [1.29, 1.82) is 0 Å². The highest BCUT2D eigenvalue weighted by molar-refractivity contribution is 5.98. The molecule has 0 bridgehead atoms. The number of aromatic nitrogens is 3. The first-order valence-corrected chi connectivity index (χ1v) is 13.0. The molecule has 0 aliphatic heterocycles. The maximum Gasteiger partial charge on any atom is 0.270 e. The zero-order valence-corrected chi connectivity index (χ0v) is 21.9. The Labute approximate surface area is 221 Å². The van der Waals surface area contributed by atoms with Gasteiger partial charge in [0.05, 0.1) is 0 Å². The van der Waals surface area contributed by atoms with Gasteiger partial charge in [-0.1, -0.05) is 19.3 Å². The Morgan fingerprint density at radius 2 is 1.82 bits per heavy atom. The fraction of sp³-hybridized carbons (Fsp3) is 0.444. The fourth-order valence-corrected chi connectivity index (χ4v) is 4.78. The van der Waals surface area contributed by atoms with Gasteiger partial charge in [0.15, 0.2) is 0 Å². The van der Waals surface area contributed by atoms with Gasteiger partial charge in [-0.15, -0.1) is 0 Å². The lowest BCUT2D eigenvalue weighted by Crippen LogP contribution is -2.25. The molecule has 2 heterocycles. The van der Waals surface area contributed by atoms with E-state index in [4.69, 9.17) is 10.2 Å². The summed E-state index contributed by atoms with van der Waals surface area (Å²) in [6, 6.07) is 9.18. The molecule has 0 atom stereocenters. The van der Waals surface area contributed by atoms with Crippen molar-refractivity contribution in [3.63, 3.8) is 0 Å². The summed E-state index contributed by atoms with van der Waals surface area (Å²) in [6.45, 7) is 0.506. The monoisotopic (exact) mass is 521 g/mol. The molecule has 2 aromatic heterocycles. The molecule has 0 radical (unpaired) electrons. The largest absolute Gasteiger partial charge is 0.352 e. The summed E-state index contributed by atoms with van der Waals surface area (Å²) >= 11 is 0. The Hall–Kier alpha value is -3.99. The molecular formula is C27H35N7O4. The Balaban J connectivity index is 1.40. The maximum absolute atomic E-state index is 12.9. The van der Waals surface area contributed by atoms with Crippen molar-refractivity contribution in [2.45, 2.75) is 57.4 Å². The van der Waals surface area contributed by atoms with E-state index in [2.05, 4.69) is 20.2 Å². The van der Waals surface area contributed by atoms with Crippen LogP contribution in [0.25, 0.3) is 11.0 Å². The van der Waals surface area contributed by atoms with Gasteiger partial charge in [0.1, 0.15) is 11.3 Å². The lowest BCUT2D eigenvalue weighted by atomic mass is 10.1. The normalized spacial score (nSPS) is 13.4. The average Bonchev–Trinajstić information content (AvgIpc) is 3.58. The minimum atomic E-state index is -0.403. The van der Waals surface area contributed by atoms with Gasteiger partial charge in [-0.3, -0.25) is 19.6 Å². The number of unbranched alkanes of at least 4 members (excludes halogenated alkanes) is 2. The van der Waals surface area contributed by atoms with Crippen LogP contribution in [0.15, 0.2) is 36.5 Å². The topological polar surface area (TPSA) is 141 Å². The number of fused-ring (bicyclic) bond motifs is 1. The summed E-state index contributed by atoms with van der Waals surface area (Å²) in [6.07, 6.45) is 8.49. The van der Waals surface area contributed by atoms with Crippen molar-refractivity contribution in [2.24, 2.45) is 0 Å². The number of rotatable bonds is 11. The number of carbonyl (C=O) groups is 3. The molecule has 3 aromatic rings. The first kappa shape index (κ1) is 27.1. The number of amides is 3. The summed E-state index contributed by atoms with van der Waals surface area (Å²) in [5, 5.41) is 15.4. The molecule has 3 amide bonds. The van der Waals surface area contributed by atoms with E-state index in [-0.39, 0.29) is 24.3 Å². The second-order valence-electron chi connectivity index (χ2n) is 9.81. The second kappa shape index (κ2) is 12.5. The van der Waals surface area contributed by atoms with Crippen molar-refractivity contribution in [2.75, 3.05) is 26.0 Å². The third kappa shape index (κ3) is 6.46. The van der Waals surface area contributed by atoms with Crippen LogP contribution < -0.4 is 16.1 Å². The van der Waals surface area contributed by atoms with E-state index in [1.54, 1.807) is 54.9 Å². The number of hydroxylamine groups is 1. The van der Waals surface area contributed by atoms with E-state index in [0.29, 0.717) is 30.2 Å². The number of benzene rings is 1. The van der Waals surface area contributed by atoms with Crippen molar-refractivity contribution in [1.82, 2.24) is 30.2 Å².